The van der Waals surface area contributed by atoms with E-state index in [0.29, 0.717) is 0 Å². The largest absolute Gasteiger partial charge is 0.311 e. The zero-order valence-corrected chi connectivity index (χ0v) is 14.1. The molecule has 1 N–H and O–H groups in total. The predicted octanol–water partition coefficient (Wildman–Crippen LogP) is 3.64. The third-order valence-corrected chi connectivity index (χ3v) is 4.52. The van der Waals surface area contributed by atoms with Crippen LogP contribution in [0.15, 0.2) is 18.2 Å². The monoisotopic (exact) mass is 285 g/mol. The van der Waals surface area contributed by atoms with Crippen molar-refractivity contribution in [1.29, 1.82) is 0 Å². The second-order valence-electron chi connectivity index (χ2n) is 5.87. The van der Waals surface area contributed by atoms with Crippen LogP contribution in [0.1, 0.15) is 46.6 Å². The maximum Gasteiger partial charge on any atom is 0.0628 e. The van der Waals surface area contributed by atoms with Crippen molar-refractivity contribution in [2.75, 3.05) is 7.05 Å². The molecule has 0 spiro atoms. The maximum absolute atomic E-state index is 4.71. The van der Waals surface area contributed by atoms with Gasteiger partial charge in [0.2, 0.25) is 0 Å². The first-order valence-electron chi connectivity index (χ1n) is 7.75. The molecule has 0 radical (unpaired) electrons. The summed E-state index contributed by atoms with van der Waals surface area (Å²) in [6, 6.07) is 6.99. The molecule has 3 nitrogen and oxygen atoms in total. The molecule has 1 aromatic carbocycles. The molecule has 0 aliphatic carbocycles. The first-order chi connectivity index (χ1) is 9.97. The van der Waals surface area contributed by atoms with Gasteiger partial charge in [0.1, 0.15) is 0 Å². The van der Waals surface area contributed by atoms with Gasteiger partial charge in [0.05, 0.1) is 18.3 Å². The molecule has 2 rings (SSSR count). The third-order valence-electron chi connectivity index (χ3n) is 4.52. The normalized spacial score (nSPS) is 12.7. The fourth-order valence-corrected chi connectivity index (χ4v) is 2.94. The van der Waals surface area contributed by atoms with Crippen molar-refractivity contribution < 1.29 is 0 Å². The quantitative estimate of drug-likeness (QED) is 0.909. The van der Waals surface area contributed by atoms with Crippen molar-refractivity contribution in [3.8, 4) is 0 Å². The summed E-state index contributed by atoms with van der Waals surface area (Å²) >= 11 is 0. The second kappa shape index (κ2) is 6.44. The van der Waals surface area contributed by atoms with Gasteiger partial charge in [-0.15, -0.1) is 0 Å². The number of benzene rings is 1. The van der Waals surface area contributed by atoms with E-state index in [-0.39, 0.29) is 6.04 Å². The van der Waals surface area contributed by atoms with E-state index in [9.17, 15) is 0 Å². The van der Waals surface area contributed by atoms with Gasteiger partial charge in [-0.2, -0.15) is 5.10 Å². The number of nitrogens with zero attached hydrogens (tertiary/aromatic N) is 2. The van der Waals surface area contributed by atoms with Crippen molar-refractivity contribution in [2.24, 2.45) is 0 Å². The Balaban J connectivity index is 2.29. The molecular formula is C18H27N3. The summed E-state index contributed by atoms with van der Waals surface area (Å²) < 4.78 is 2.14. The lowest BCUT2D eigenvalue weighted by Crippen LogP contribution is -2.23. The van der Waals surface area contributed by atoms with Crippen molar-refractivity contribution >= 4 is 0 Å². The summed E-state index contributed by atoms with van der Waals surface area (Å²) in [5, 5.41) is 8.14. The maximum atomic E-state index is 4.71. The van der Waals surface area contributed by atoms with Gasteiger partial charge in [-0.1, -0.05) is 25.1 Å². The van der Waals surface area contributed by atoms with Crippen molar-refractivity contribution in [3.05, 3.63) is 51.8 Å². The van der Waals surface area contributed by atoms with Crippen LogP contribution >= 0.6 is 0 Å². The Hall–Kier alpha value is -1.61. The fraction of sp³-hybridized carbons (Fsp3) is 0.500. The zero-order chi connectivity index (χ0) is 15.6. The third kappa shape index (κ3) is 3.18. The van der Waals surface area contributed by atoms with Gasteiger partial charge in [-0.3, -0.25) is 4.68 Å². The highest BCUT2D eigenvalue weighted by atomic mass is 15.3. The summed E-state index contributed by atoms with van der Waals surface area (Å²) in [6.45, 7) is 11.7. The van der Waals surface area contributed by atoms with Gasteiger partial charge in [0.25, 0.3) is 0 Å². The van der Waals surface area contributed by atoms with E-state index >= 15 is 0 Å². The Bertz CT molecular complexity index is 626. The first kappa shape index (κ1) is 15.8. The highest BCUT2D eigenvalue weighted by Crippen LogP contribution is 2.21. The van der Waals surface area contributed by atoms with Crippen molar-refractivity contribution in [1.82, 2.24) is 15.1 Å². The molecule has 0 amide bonds. The summed E-state index contributed by atoms with van der Waals surface area (Å²) in [5.41, 5.74) is 7.84. The number of aromatic nitrogens is 2. The topological polar surface area (TPSA) is 29.9 Å². The molecule has 0 saturated heterocycles. The average Bonchev–Trinajstić information content (AvgIpc) is 2.73. The van der Waals surface area contributed by atoms with E-state index in [2.05, 4.69) is 62.8 Å². The summed E-state index contributed by atoms with van der Waals surface area (Å²) in [6.07, 6.45) is 1.05. The van der Waals surface area contributed by atoms with Crippen LogP contribution in [0.25, 0.3) is 0 Å². The standard InChI is InChI=1S/C18H27N3/c1-7-17-14(4)20-21(15(17)5)11-18(19-6)16-9-8-12(2)13(3)10-16/h8-10,18-19H,7,11H2,1-6H3. The molecule has 1 aromatic heterocycles. The number of hydrogen-bond donors (Lipinski definition) is 1. The molecule has 0 saturated carbocycles. The Morgan fingerprint density at radius 2 is 1.86 bits per heavy atom. The highest BCUT2D eigenvalue weighted by molar-refractivity contribution is 5.32. The lowest BCUT2D eigenvalue weighted by atomic mass is 10.0. The molecular weight excluding hydrogens is 258 g/mol. The van der Waals surface area contributed by atoms with Crippen LogP contribution in [-0.4, -0.2) is 16.8 Å². The predicted molar refractivity (Wildman–Crippen MR) is 88.8 cm³/mol. The summed E-state index contributed by atoms with van der Waals surface area (Å²) in [5.74, 6) is 0. The summed E-state index contributed by atoms with van der Waals surface area (Å²) in [4.78, 5) is 0. The molecule has 21 heavy (non-hydrogen) atoms. The Morgan fingerprint density at radius 1 is 1.14 bits per heavy atom. The van der Waals surface area contributed by atoms with E-state index in [1.807, 2.05) is 7.05 Å². The molecule has 0 fully saturated rings. The fourth-order valence-electron chi connectivity index (χ4n) is 2.94. The Labute approximate surface area is 128 Å². The van der Waals surface area contributed by atoms with Crippen molar-refractivity contribution in [3.63, 3.8) is 0 Å². The number of hydrogen-bond acceptors (Lipinski definition) is 2. The SMILES string of the molecule is CCc1c(C)nn(CC(NC)c2ccc(C)c(C)c2)c1C. The number of nitrogens with one attached hydrogen (secondary N) is 1. The van der Waals surface area contributed by atoms with E-state index in [0.717, 1.165) is 18.7 Å². The van der Waals surface area contributed by atoms with Crippen LogP contribution < -0.4 is 5.32 Å². The van der Waals surface area contributed by atoms with E-state index in [4.69, 9.17) is 5.10 Å². The number of aryl methyl sites for hydroxylation is 3. The van der Waals surface area contributed by atoms with Gasteiger partial charge in [-0.05, 0) is 63.4 Å². The molecule has 0 bridgehead atoms. The Kier molecular flexibility index (Phi) is 4.84. The van der Waals surface area contributed by atoms with E-state index < -0.39 is 0 Å². The smallest absolute Gasteiger partial charge is 0.0628 e. The van der Waals surface area contributed by atoms with Gasteiger partial charge >= 0.3 is 0 Å². The van der Waals surface area contributed by atoms with Gasteiger partial charge in [0, 0.05) is 5.69 Å². The van der Waals surface area contributed by atoms with Crippen LogP contribution in [0, 0.1) is 27.7 Å². The van der Waals surface area contributed by atoms with Crippen LogP contribution in [-0.2, 0) is 13.0 Å². The molecule has 0 aliphatic heterocycles. The molecule has 0 aliphatic rings. The van der Waals surface area contributed by atoms with E-state index in [1.54, 1.807) is 0 Å². The Morgan fingerprint density at radius 3 is 2.38 bits per heavy atom. The number of likely N-dealkylation sites (N-methyl/N-ethyl adjacent to an activating group) is 1. The minimum absolute atomic E-state index is 0.284. The van der Waals surface area contributed by atoms with Crippen molar-refractivity contribution in [2.45, 2.75) is 53.6 Å². The van der Waals surface area contributed by atoms with Crippen LogP contribution in [0.5, 0.6) is 0 Å². The van der Waals surface area contributed by atoms with Gasteiger partial charge < -0.3 is 5.32 Å². The van der Waals surface area contributed by atoms with Crippen LogP contribution in [0.3, 0.4) is 0 Å². The van der Waals surface area contributed by atoms with Gasteiger partial charge in [0.15, 0.2) is 0 Å². The first-order valence-corrected chi connectivity index (χ1v) is 7.75. The second-order valence-corrected chi connectivity index (χ2v) is 5.87. The minimum atomic E-state index is 0.284. The lowest BCUT2D eigenvalue weighted by molar-refractivity contribution is 0.459. The van der Waals surface area contributed by atoms with E-state index in [1.165, 1.54) is 27.9 Å². The summed E-state index contributed by atoms with van der Waals surface area (Å²) in [7, 11) is 2.02. The lowest BCUT2D eigenvalue weighted by Gasteiger charge is -2.19. The molecule has 1 atom stereocenters. The molecule has 3 heteroatoms. The molecule has 1 unspecified atom stereocenters. The molecule has 2 aromatic rings. The average molecular weight is 285 g/mol. The van der Waals surface area contributed by atoms with Crippen LogP contribution in [0.2, 0.25) is 0 Å². The number of rotatable bonds is 5. The highest BCUT2D eigenvalue weighted by Gasteiger charge is 2.15. The minimum Gasteiger partial charge on any atom is -0.311 e. The molecule has 114 valence electrons. The van der Waals surface area contributed by atoms with Gasteiger partial charge in [-0.25, -0.2) is 0 Å². The van der Waals surface area contributed by atoms with Crippen LogP contribution in [0.4, 0.5) is 0 Å². The zero-order valence-electron chi connectivity index (χ0n) is 14.1. The molecule has 1 heterocycles.